The average Bonchev–Trinajstić information content (AvgIpc) is 2.56. The minimum atomic E-state index is -0.0831. The van der Waals surface area contributed by atoms with Gasteiger partial charge in [-0.05, 0) is 26.2 Å². The molecule has 112 valence electrons. The number of nitrogens with one attached hydrogen (secondary N) is 2. The predicted molar refractivity (Wildman–Crippen MR) is 82.2 cm³/mol. The second-order valence-corrected chi connectivity index (χ2v) is 5.67. The highest BCUT2D eigenvalue weighted by Crippen LogP contribution is 2.10. The summed E-state index contributed by atoms with van der Waals surface area (Å²) in [5.74, 6) is 0. The van der Waals surface area contributed by atoms with Crippen molar-refractivity contribution in [3.8, 4) is 0 Å². The number of nitrogens with zero attached hydrogens (tertiary/aromatic N) is 2. The number of hydrogen-bond acceptors (Lipinski definition) is 2. The molecule has 0 radical (unpaired) electrons. The van der Waals surface area contributed by atoms with E-state index in [9.17, 15) is 4.79 Å². The molecule has 0 bridgehead atoms. The Balaban J connectivity index is 1.94. The van der Waals surface area contributed by atoms with E-state index < -0.39 is 0 Å². The summed E-state index contributed by atoms with van der Waals surface area (Å²) in [6, 6.07) is 10.1. The van der Waals surface area contributed by atoms with Crippen LogP contribution in [0.4, 0.5) is 4.79 Å². The fraction of sp³-hybridized carbons (Fsp3) is 0.500. The quantitative estimate of drug-likeness (QED) is 0.850. The van der Waals surface area contributed by atoms with Gasteiger partial charge in [0.15, 0.2) is 0 Å². The summed E-state index contributed by atoms with van der Waals surface area (Å²) >= 11 is 0. The first-order valence-electron chi connectivity index (χ1n) is 7.86. The van der Waals surface area contributed by atoms with Crippen LogP contribution in [0.5, 0.6) is 0 Å². The van der Waals surface area contributed by atoms with Gasteiger partial charge in [0.25, 0.3) is 0 Å². The van der Waals surface area contributed by atoms with Crippen molar-refractivity contribution in [1.29, 1.82) is 0 Å². The number of benzene rings is 1. The van der Waals surface area contributed by atoms with Gasteiger partial charge in [0.2, 0.25) is 6.17 Å². The van der Waals surface area contributed by atoms with Crippen molar-refractivity contribution < 1.29 is 9.69 Å². The standard InChI is InChI=1S/C16H22N4O/c1-2-20-16(21)17-15(19-11-7-4-8-12-19)14(18-20)13-9-5-3-6-10-13/h3,5-6,9-10,15H,2,4,7-8,11-12H2,1H3,(H,17,21)/p+1/t15-/m1/s1. The monoisotopic (exact) mass is 287 g/mol. The third kappa shape index (κ3) is 2.93. The number of carbonyl (C=O) groups is 1. The van der Waals surface area contributed by atoms with E-state index in [4.69, 9.17) is 0 Å². The molecule has 5 nitrogen and oxygen atoms in total. The molecule has 1 saturated heterocycles. The van der Waals surface area contributed by atoms with Gasteiger partial charge in [-0.1, -0.05) is 30.3 Å². The first kappa shape index (κ1) is 14.1. The van der Waals surface area contributed by atoms with Crippen LogP contribution in [0.2, 0.25) is 0 Å². The number of carbonyl (C=O) groups excluding carboxylic acids is 1. The number of hydrazone groups is 1. The molecule has 1 aromatic carbocycles. The second-order valence-electron chi connectivity index (χ2n) is 5.67. The average molecular weight is 287 g/mol. The molecule has 1 aromatic rings. The number of piperidine rings is 1. The summed E-state index contributed by atoms with van der Waals surface area (Å²) in [5, 5.41) is 9.30. The van der Waals surface area contributed by atoms with Crippen LogP contribution in [0, 0.1) is 0 Å². The molecule has 2 heterocycles. The zero-order chi connectivity index (χ0) is 14.7. The van der Waals surface area contributed by atoms with Gasteiger partial charge in [-0.15, -0.1) is 0 Å². The van der Waals surface area contributed by atoms with Crippen molar-refractivity contribution in [1.82, 2.24) is 10.3 Å². The van der Waals surface area contributed by atoms with Gasteiger partial charge >= 0.3 is 6.03 Å². The Kier molecular flexibility index (Phi) is 4.20. The summed E-state index contributed by atoms with van der Waals surface area (Å²) in [6.45, 7) is 4.73. The molecule has 5 heteroatoms. The van der Waals surface area contributed by atoms with E-state index >= 15 is 0 Å². The molecule has 0 unspecified atom stereocenters. The van der Waals surface area contributed by atoms with Gasteiger partial charge in [-0.3, -0.25) is 5.32 Å². The fourth-order valence-electron chi connectivity index (χ4n) is 3.14. The van der Waals surface area contributed by atoms with Crippen molar-refractivity contribution in [3.63, 3.8) is 0 Å². The molecule has 0 aliphatic carbocycles. The number of likely N-dealkylation sites (tertiary alicyclic amines) is 1. The molecule has 21 heavy (non-hydrogen) atoms. The maximum Gasteiger partial charge on any atom is 0.342 e. The summed E-state index contributed by atoms with van der Waals surface area (Å²) < 4.78 is 0. The Morgan fingerprint density at radius 1 is 1.24 bits per heavy atom. The summed E-state index contributed by atoms with van der Waals surface area (Å²) in [5.41, 5.74) is 2.08. The molecule has 0 saturated carbocycles. The molecular weight excluding hydrogens is 264 g/mol. The van der Waals surface area contributed by atoms with Crippen LogP contribution in [0.1, 0.15) is 31.7 Å². The van der Waals surface area contributed by atoms with Crippen LogP contribution < -0.4 is 10.2 Å². The lowest BCUT2D eigenvalue weighted by Crippen LogP contribution is -3.19. The Hall–Kier alpha value is -1.88. The van der Waals surface area contributed by atoms with E-state index in [0.29, 0.717) is 6.54 Å². The first-order valence-corrected chi connectivity index (χ1v) is 7.86. The molecule has 3 rings (SSSR count). The number of hydrogen-bond donors (Lipinski definition) is 2. The lowest BCUT2D eigenvalue weighted by molar-refractivity contribution is -0.921. The highest BCUT2D eigenvalue weighted by atomic mass is 16.2. The van der Waals surface area contributed by atoms with Crippen LogP contribution in [0.25, 0.3) is 0 Å². The van der Waals surface area contributed by atoms with E-state index in [1.165, 1.54) is 29.2 Å². The van der Waals surface area contributed by atoms with Crippen LogP contribution in [0.3, 0.4) is 0 Å². The smallest absolute Gasteiger partial charge is 0.310 e. The van der Waals surface area contributed by atoms with Gasteiger partial charge in [0.05, 0.1) is 13.1 Å². The molecule has 2 N–H and O–H groups in total. The van der Waals surface area contributed by atoms with Crippen molar-refractivity contribution in [3.05, 3.63) is 35.9 Å². The molecule has 0 spiro atoms. The topological polar surface area (TPSA) is 49.1 Å². The third-order valence-electron chi connectivity index (χ3n) is 4.28. The lowest BCUT2D eigenvalue weighted by Gasteiger charge is -2.36. The van der Waals surface area contributed by atoms with Crippen LogP contribution >= 0.6 is 0 Å². The number of quaternary nitrogens is 1. The normalized spacial score (nSPS) is 23.7. The third-order valence-corrected chi connectivity index (χ3v) is 4.28. The highest BCUT2D eigenvalue weighted by molar-refractivity contribution is 6.06. The van der Waals surface area contributed by atoms with Gasteiger partial charge in [-0.25, -0.2) is 9.80 Å². The fourth-order valence-corrected chi connectivity index (χ4v) is 3.14. The van der Waals surface area contributed by atoms with Gasteiger partial charge in [0.1, 0.15) is 5.71 Å². The van der Waals surface area contributed by atoms with Crippen molar-refractivity contribution in [2.75, 3.05) is 19.6 Å². The molecule has 2 aliphatic heterocycles. The summed E-state index contributed by atoms with van der Waals surface area (Å²) in [6.07, 6.45) is 3.72. The van der Waals surface area contributed by atoms with Crippen molar-refractivity contribution in [2.45, 2.75) is 32.4 Å². The minimum absolute atomic E-state index is 0.0250. The maximum absolute atomic E-state index is 12.1. The Morgan fingerprint density at radius 2 is 1.95 bits per heavy atom. The largest absolute Gasteiger partial charge is 0.342 e. The number of amides is 2. The van der Waals surface area contributed by atoms with E-state index in [2.05, 4.69) is 22.6 Å². The highest BCUT2D eigenvalue weighted by Gasteiger charge is 2.36. The summed E-state index contributed by atoms with van der Waals surface area (Å²) in [7, 11) is 0. The van der Waals surface area contributed by atoms with Gasteiger partial charge < -0.3 is 4.90 Å². The molecule has 1 fully saturated rings. The van der Waals surface area contributed by atoms with Crippen LogP contribution in [0.15, 0.2) is 35.4 Å². The zero-order valence-corrected chi connectivity index (χ0v) is 12.5. The van der Waals surface area contributed by atoms with E-state index in [-0.39, 0.29) is 12.2 Å². The Labute approximate surface area is 125 Å². The predicted octanol–water partition coefficient (Wildman–Crippen LogP) is 0.831. The van der Waals surface area contributed by atoms with Gasteiger partial charge in [0, 0.05) is 12.1 Å². The van der Waals surface area contributed by atoms with Crippen LogP contribution in [-0.4, -0.2) is 42.6 Å². The summed E-state index contributed by atoms with van der Waals surface area (Å²) in [4.78, 5) is 13.6. The van der Waals surface area contributed by atoms with Gasteiger partial charge in [-0.2, -0.15) is 5.10 Å². The number of rotatable bonds is 3. The molecule has 1 atom stereocenters. The second kappa shape index (κ2) is 6.26. The van der Waals surface area contributed by atoms with E-state index in [1.807, 2.05) is 25.1 Å². The Morgan fingerprint density at radius 3 is 2.62 bits per heavy atom. The Bertz CT molecular complexity index is 522. The SMILES string of the molecule is CCN1N=C(c2ccccc2)[C@@H]([NH+]2CCCCC2)NC1=O. The lowest BCUT2D eigenvalue weighted by atomic mass is 10.0. The number of urea groups is 1. The molecule has 0 aromatic heterocycles. The molecular formula is C16H23N4O+. The van der Waals surface area contributed by atoms with Crippen LogP contribution in [-0.2, 0) is 0 Å². The first-order chi connectivity index (χ1) is 10.3. The van der Waals surface area contributed by atoms with E-state index in [0.717, 1.165) is 24.4 Å². The molecule has 2 aliphatic rings. The van der Waals surface area contributed by atoms with Crippen molar-refractivity contribution >= 4 is 11.7 Å². The van der Waals surface area contributed by atoms with E-state index in [1.54, 1.807) is 0 Å². The molecule has 2 amide bonds. The van der Waals surface area contributed by atoms with Crippen molar-refractivity contribution in [2.24, 2.45) is 5.10 Å². The minimum Gasteiger partial charge on any atom is -0.310 e. The maximum atomic E-state index is 12.1. The zero-order valence-electron chi connectivity index (χ0n) is 12.5.